The number of carbonyl (C=O) groups excluding carboxylic acids is 1. The third-order valence-corrected chi connectivity index (χ3v) is 7.71. The Labute approximate surface area is 187 Å². The van der Waals surface area contributed by atoms with E-state index in [9.17, 15) is 13.2 Å². The molecule has 164 valence electrons. The van der Waals surface area contributed by atoms with Crippen LogP contribution in [0.15, 0.2) is 47.4 Å². The minimum absolute atomic E-state index is 0.00231. The van der Waals surface area contributed by atoms with Gasteiger partial charge >= 0.3 is 0 Å². The molecule has 4 N–H and O–H groups in total. The van der Waals surface area contributed by atoms with E-state index in [1.54, 1.807) is 6.07 Å². The Morgan fingerprint density at radius 3 is 2.42 bits per heavy atom. The van der Waals surface area contributed by atoms with Gasteiger partial charge in [-0.1, -0.05) is 36.4 Å². The van der Waals surface area contributed by atoms with Crippen LogP contribution in [0.25, 0.3) is 22.2 Å². The lowest BCUT2D eigenvalue weighted by Gasteiger charge is -2.27. The van der Waals surface area contributed by atoms with E-state index in [-0.39, 0.29) is 22.6 Å². The van der Waals surface area contributed by atoms with E-state index in [0.717, 1.165) is 42.1 Å². The number of nitrogens with two attached hydrogens (primary N) is 2. The molecule has 6 nitrogen and oxygen atoms in total. The Morgan fingerprint density at radius 2 is 1.77 bits per heavy atom. The molecule has 0 bridgehead atoms. The van der Waals surface area contributed by atoms with Crippen molar-refractivity contribution in [2.45, 2.75) is 48.3 Å². The van der Waals surface area contributed by atoms with Gasteiger partial charge in [-0.2, -0.15) is 0 Å². The van der Waals surface area contributed by atoms with Crippen LogP contribution in [0.3, 0.4) is 0 Å². The minimum atomic E-state index is -4.04. The van der Waals surface area contributed by atoms with Crippen LogP contribution in [0, 0.1) is 0 Å². The van der Waals surface area contributed by atoms with Crippen molar-refractivity contribution < 1.29 is 13.2 Å². The number of hydrogen-bond donors (Lipinski definition) is 2. The number of sulfonamides is 1. The zero-order valence-corrected chi connectivity index (χ0v) is 18.9. The average Bonchev–Trinajstić information content (AvgIpc) is 2.99. The average molecular weight is 460 g/mol. The Morgan fingerprint density at radius 1 is 1.10 bits per heavy atom. The summed E-state index contributed by atoms with van der Waals surface area (Å²) in [5.74, 6) is -0.413. The summed E-state index contributed by atoms with van der Waals surface area (Å²) < 4.78 is 27.6. The monoisotopic (exact) mass is 459 g/mol. The van der Waals surface area contributed by atoms with E-state index in [1.807, 2.05) is 48.0 Å². The molecular weight excluding hydrogens is 434 g/mol. The second-order valence-corrected chi connectivity index (χ2v) is 10.4. The summed E-state index contributed by atoms with van der Waals surface area (Å²) in [6, 6.07) is 13.1. The van der Waals surface area contributed by atoms with Crippen molar-refractivity contribution in [2.75, 3.05) is 0 Å². The molecule has 31 heavy (non-hydrogen) atoms. The van der Waals surface area contributed by atoms with Crippen molar-refractivity contribution >= 4 is 38.4 Å². The second kappa shape index (κ2) is 8.30. The van der Waals surface area contributed by atoms with E-state index in [1.165, 1.54) is 0 Å². The van der Waals surface area contributed by atoms with Gasteiger partial charge < -0.3 is 10.3 Å². The molecule has 2 aromatic carbocycles. The number of rotatable bonds is 5. The van der Waals surface area contributed by atoms with Gasteiger partial charge in [0.1, 0.15) is 0 Å². The third kappa shape index (κ3) is 4.10. The maximum absolute atomic E-state index is 12.9. The predicted octanol–water partition coefficient (Wildman–Crippen LogP) is 3.79. The summed E-state index contributed by atoms with van der Waals surface area (Å²) in [4.78, 5) is 12.0. The number of halogens is 1. The Hall–Kier alpha value is -2.35. The number of carbonyl (C=O) groups is 1. The molecule has 0 saturated heterocycles. The number of nitrogens with zero attached hydrogens (tertiary/aromatic N) is 1. The van der Waals surface area contributed by atoms with Crippen LogP contribution in [-0.4, -0.2) is 24.3 Å². The van der Waals surface area contributed by atoms with Gasteiger partial charge in [-0.15, -0.1) is 11.6 Å². The number of primary amides is 1. The lowest BCUT2D eigenvalue weighted by Crippen LogP contribution is -2.21. The normalized spacial score (nSPS) is 19.6. The Kier molecular flexibility index (Phi) is 5.85. The lowest BCUT2D eigenvalue weighted by atomic mass is 9.83. The Bertz CT molecular complexity index is 1260. The van der Waals surface area contributed by atoms with Crippen LogP contribution in [0.5, 0.6) is 0 Å². The SMILES string of the molecule is Cn1c(-c2cccc(C3CCC(Cl)CC3)c2S(N)(=O)=O)c(CC(N)=O)c2ccccc21. The molecule has 1 saturated carbocycles. The molecule has 1 amide bonds. The van der Waals surface area contributed by atoms with Crippen LogP contribution in [0.4, 0.5) is 0 Å². The highest BCUT2D eigenvalue weighted by Crippen LogP contribution is 2.43. The predicted molar refractivity (Wildman–Crippen MR) is 123 cm³/mol. The fraction of sp³-hybridized carbons (Fsp3) is 0.348. The molecule has 0 atom stereocenters. The van der Waals surface area contributed by atoms with Crippen molar-refractivity contribution in [2.24, 2.45) is 17.9 Å². The first-order valence-corrected chi connectivity index (χ1v) is 12.3. The zero-order valence-electron chi connectivity index (χ0n) is 17.3. The summed E-state index contributed by atoms with van der Waals surface area (Å²) in [5, 5.41) is 6.76. The second-order valence-electron chi connectivity index (χ2n) is 8.26. The third-order valence-electron chi connectivity index (χ3n) is 6.24. The molecule has 1 aromatic heterocycles. The standard InChI is InChI=1S/C23H26ClN3O3S/c1-27-20-8-3-2-5-17(20)19(13-21(25)28)22(27)18-7-4-6-16(23(18)31(26,29)30)14-9-11-15(24)12-10-14/h2-8,14-15H,9-13H2,1H3,(H2,25,28)(H2,26,29,30). The van der Waals surface area contributed by atoms with E-state index in [4.69, 9.17) is 22.5 Å². The van der Waals surface area contributed by atoms with Gasteiger partial charge in [-0.3, -0.25) is 4.79 Å². The molecule has 0 aliphatic heterocycles. The van der Waals surface area contributed by atoms with Crippen molar-refractivity contribution in [3.8, 4) is 11.3 Å². The van der Waals surface area contributed by atoms with Crippen LogP contribution in [0.2, 0.25) is 0 Å². The minimum Gasteiger partial charge on any atom is -0.369 e. The summed E-state index contributed by atoms with van der Waals surface area (Å²) >= 11 is 6.27. The fourth-order valence-electron chi connectivity index (χ4n) is 4.91. The van der Waals surface area contributed by atoms with E-state index in [0.29, 0.717) is 16.8 Å². The van der Waals surface area contributed by atoms with Gasteiger partial charge in [-0.25, -0.2) is 13.6 Å². The maximum atomic E-state index is 12.9. The molecule has 1 aliphatic rings. The first-order chi connectivity index (χ1) is 14.7. The molecule has 1 heterocycles. The topological polar surface area (TPSA) is 108 Å². The molecular formula is C23H26ClN3O3S. The molecule has 4 rings (SSSR count). The Balaban J connectivity index is 2.01. The number of para-hydroxylation sites is 1. The molecule has 1 fully saturated rings. The van der Waals surface area contributed by atoms with Crippen LogP contribution in [-0.2, 0) is 28.3 Å². The van der Waals surface area contributed by atoms with E-state index in [2.05, 4.69) is 0 Å². The summed E-state index contributed by atoms with van der Waals surface area (Å²) in [5.41, 5.74) is 9.02. The number of primary sulfonamides is 1. The van der Waals surface area contributed by atoms with Crippen molar-refractivity contribution in [3.05, 3.63) is 53.6 Å². The number of hydrogen-bond acceptors (Lipinski definition) is 3. The van der Waals surface area contributed by atoms with Gasteiger partial charge in [-0.05, 0) is 48.8 Å². The number of aromatic nitrogens is 1. The number of amides is 1. The lowest BCUT2D eigenvalue weighted by molar-refractivity contribution is -0.117. The van der Waals surface area contributed by atoms with Gasteiger partial charge in [0.25, 0.3) is 0 Å². The largest absolute Gasteiger partial charge is 0.369 e. The maximum Gasteiger partial charge on any atom is 0.239 e. The van der Waals surface area contributed by atoms with Gasteiger partial charge in [0, 0.05) is 28.9 Å². The zero-order chi connectivity index (χ0) is 22.3. The highest BCUT2D eigenvalue weighted by atomic mass is 35.5. The molecule has 0 spiro atoms. The number of fused-ring (bicyclic) bond motifs is 1. The summed E-state index contributed by atoms with van der Waals surface area (Å²) in [6.45, 7) is 0. The van der Waals surface area contributed by atoms with E-state index < -0.39 is 15.9 Å². The van der Waals surface area contributed by atoms with Gasteiger partial charge in [0.2, 0.25) is 15.9 Å². The molecule has 1 aliphatic carbocycles. The van der Waals surface area contributed by atoms with Gasteiger partial charge in [0.15, 0.2) is 0 Å². The van der Waals surface area contributed by atoms with Crippen LogP contribution >= 0.6 is 11.6 Å². The highest BCUT2D eigenvalue weighted by Gasteiger charge is 2.30. The van der Waals surface area contributed by atoms with Gasteiger partial charge in [0.05, 0.1) is 17.0 Å². The molecule has 8 heteroatoms. The van der Waals surface area contributed by atoms with E-state index >= 15 is 0 Å². The van der Waals surface area contributed by atoms with Crippen molar-refractivity contribution in [1.82, 2.24) is 4.57 Å². The molecule has 0 radical (unpaired) electrons. The fourth-order valence-corrected chi connectivity index (χ4v) is 6.20. The number of aryl methyl sites for hydroxylation is 1. The quantitative estimate of drug-likeness (QED) is 0.566. The number of benzene rings is 2. The van der Waals surface area contributed by atoms with Crippen molar-refractivity contribution in [3.63, 3.8) is 0 Å². The molecule has 0 unspecified atom stereocenters. The summed E-state index contributed by atoms with van der Waals surface area (Å²) in [7, 11) is -2.18. The molecule has 3 aromatic rings. The number of alkyl halides is 1. The van der Waals surface area contributed by atoms with Crippen molar-refractivity contribution in [1.29, 1.82) is 0 Å². The highest BCUT2D eigenvalue weighted by molar-refractivity contribution is 7.89. The first-order valence-electron chi connectivity index (χ1n) is 10.3. The van der Waals surface area contributed by atoms with Crippen LogP contribution < -0.4 is 10.9 Å². The first kappa shape index (κ1) is 21.9. The van der Waals surface area contributed by atoms with Crippen LogP contribution in [0.1, 0.15) is 42.7 Å². The summed E-state index contributed by atoms with van der Waals surface area (Å²) in [6.07, 6.45) is 3.29. The smallest absolute Gasteiger partial charge is 0.239 e.